The minimum Gasteiger partial charge on any atom is -0.392 e. The quantitative estimate of drug-likeness (QED) is 0.860. The molecule has 0 atom stereocenters. The van der Waals surface area contributed by atoms with Gasteiger partial charge in [-0.15, -0.1) is 0 Å². The molecule has 1 saturated carbocycles. The number of rotatable bonds is 3. The SMILES string of the molecule is OCC(=Cc1c(F)cccc1Cl)C1CCCCC1. The Morgan fingerprint density at radius 2 is 2.06 bits per heavy atom. The molecule has 0 saturated heterocycles. The van der Waals surface area contributed by atoms with Gasteiger partial charge in [0, 0.05) is 5.56 Å². The second kappa shape index (κ2) is 6.35. The monoisotopic (exact) mass is 268 g/mol. The van der Waals surface area contributed by atoms with Crippen LogP contribution in [-0.2, 0) is 0 Å². The molecule has 1 fully saturated rings. The Morgan fingerprint density at radius 1 is 1.33 bits per heavy atom. The molecule has 0 radical (unpaired) electrons. The molecule has 0 spiro atoms. The summed E-state index contributed by atoms with van der Waals surface area (Å²) in [7, 11) is 0. The van der Waals surface area contributed by atoms with Crippen molar-refractivity contribution in [2.45, 2.75) is 32.1 Å². The van der Waals surface area contributed by atoms with Gasteiger partial charge in [0.05, 0.1) is 11.6 Å². The van der Waals surface area contributed by atoms with Gasteiger partial charge in [0.15, 0.2) is 0 Å². The fourth-order valence-corrected chi connectivity index (χ4v) is 2.82. The molecule has 98 valence electrons. The fourth-order valence-electron chi connectivity index (χ4n) is 2.60. The van der Waals surface area contributed by atoms with Gasteiger partial charge in [-0.2, -0.15) is 0 Å². The molecule has 0 heterocycles. The summed E-state index contributed by atoms with van der Waals surface area (Å²) in [4.78, 5) is 0. The maximum atomic E-state index is 13.7. The summed E-state index contributed by atoms with van der Waals surface area (Å²) in [5, 5.41) is 9.89. The van der Waals surface area contributed by atoms with Crippen LogP contribution in [0.3, 0.4) is 0 Å². The van der Waals surface area contributed by atoms with E-state index in [0.717, 1.165) is 18.4 Å². The summed E-state index contributed by atoms with van der Waals surface area (Å²) in [6.07, 6.45) is 7.53. The highest BCUT2D eigenvalue weighted by molar-refractivity contribution is 6.32. The first-order chi connectivity index (χ1) is 8.72. The molecule has 1 aliphatic carbocycles. The van der Waals surface area contributed by atoms with Crippen LogP contribution in [-0.4, -0.2) is 11.7 Å². The molecule has 18 heavy (non-hydrogen) atoms. The molecular weight excluding hydrogens is 251 g/mol. The lowest BCUT2D eigenvalue weighted by Gasteiger charge is -2.23. The van der Waals surface area contributed by atoms with E-state index in [-0.39, 0.29) is 12.4 Å². The third kappa shape index (κ3) is 3.12. The third-order valence-corrected chi connectivity index (χ3v) is 3.97. The average molecular weight is 269 g/mol. The highest BCUT2D eigenvalue weighted by atomic mass is 35.5. The molecular formula is C15H18ClFO. The Hall–Kier alpha value is -0.860. The zero-order valence-corrected chi connectivity index (χ0v) is 11.1. The van der Waals surface area contributed by atoms with E-state index in [0.29, 0.717) is 16.5 Å². The topological polar surface area (TPSA) is 20.2 Å². The number of aliphatic hydroxyl groups is 1. The second-order valence-electron chi connectivity index (χ2n) is 4.85. The molecule has 1 aliphatic rings. The van der Waals surface area contributed by atoms with Crippen LogP contribution in [0.4, 0.5) is 4.39 Å². The lowest BCUT2D eigenvalue weighted by Crippen LogP contribution is -2.11. The number of halogens is 2. The van der Waals surface area contributed by atoms with Gasteiger partial charge in [-0.05, 0) is 42.5 Å². The smallest absolute Gasteiger partial charge is 0.131 e. The van der Waals surface area contributed by atoms with Gasteiger partial charge in [-0.1, -0.05) is 36.9 Å². The van der Waals surface area contributed by atoms with Crippen LogP contribution < -0.4 is 0 Å². The number of hydrogen-bond donors (Lipinski definition) is 1. The molecule has 0 unspecified atom stereocenters. The Balaban J connectivity index is 2.28. The maximum absolute atomic E-state index is 13.7. The van der Waals surface area contributed by atoms with Crippen LogP contribution in [0, 0.1) is 11.7 Å². The molecule has 1 N–H and O–H groups in total. The fraction of sp³-hybridized carbons (Fsp3) is 0.467. The Bertz CT molecular complexity index is 416. The van der Waals surface area contributed by atoms with Crippen molar-refractivity contribution in [1.29, 1.82) is 0 Å². The lowest BCUT2D eigenvalue weighted by molar-refractivity contribution is 0.295. The molecule has 0 amide bonds. The van der Waals surface area contributed by atoms with Crippen molar-refractivity contribution in [2.24, 2.45) is 5.92 Å². The van der Waals surface area contributed by atoms with Gasteiger partial charge in [-0.25, -0.2) is 4.39 Å². The van der Waals surface area contributed by atoms with E-state index in [2.05, 4.69) is 0 Å². The zero-order chi connectivity index (χ0) is 13.0. The summed E-state index contributed by atoms with van der Waals surface area (Å²) in [6.45, 7) is -0.0185. The van der Waals surface area contributed by atoms with Crippen LogP contribution in [0.1, 0.15) is 37.7 Å². The van der Waals surface area contributed by atoms with Crippen LogP contribution >= 0.6 is 11.6 Å². The highest BCUT2D eigenvalue weighted by Gasteiger charge is 2.18. The normalized spacial score (nSPS) is 18.1. The molecule has 0 aliphatic heterocycles. The van der Waals surface area contributed by atoms with E-state index in [1.807, 2.05) is 0 Å². The summed E-state index contributed by atoms with van der Waals surface area (Å²) in [6, 6.07) is 4.66. The minimum atomic E-state index is -0.329. The number of hydrogen-bond acceptors (Lipinski definition) is 1. The van der Waals surface area contributed by atoms with Crippen molar-refractivity contribution in [3.63, 3.8) is 0 Å². The van der Waals surface area contributed by atoms with Gasteiger partial charge < -0.3 is 5.11 Å². The van der Waals surface area contributed by atoms with E-state index < -0.39 is 0 Å². The number of aliphatic hydroxyl groups excluding tert-OH is 1. The van der Waals surface area contributed by atoms with Crippen molar-refractivity contribution >= 4 is 17.7 Å². The predicted octanol–water partition coefficient (Wildman–Crippen LogP) is 4.44. The first kappa shape index (κ1) is 13.6. The first-order valence-corrected chi connectivity index (χ1v) is 6.85. The largest absolute Gasteiger partial charge is 0.392 e. The van der Waals surface area contributed by atoms with Crippen LogP contribution in [0.15, 0.2) is 23.8 Å². The lowest BCUT2D eigenvalue weighted by atomic mass is 9.83. The van der Waals surface area contributed by atoms with Crippen LogP contribution in [0.25, 0.3) is 6.08 Å². The molecule has 0 aromatic heterocycles. The predicted molar refractivity (Wildman–Crippen MR) is 73.0 cm³/mol. The minimum absolute atomic E-state index is 0.0185. The molecule has 3 heteroatoms. The molecule has 1 aromatic carbocycles. The highest BCUT2D eigenvalue weighted by Crippen LogP contribution is 2.32. The molecule has 1 aromatic rings. The van der Waals surface area contributed by atoms with Crippen molar-refractivity contribution in [3.8, 4) is 0 Å². The molecule has 0 bridgehead atoms. The van der Waals surface area contributed by atoms with E-state index in [4.69, 9.17) is 11.6 Å². The molecule has 1 nitrogen and oxygen atoms in total. The van der Waals surface area contributed by atoms with E-state index >= 15 is 0 Å². The summed E-state index contributed by atoms with van der Waals surface area (Å²) in [5.41, 5.74) is 1.30. The van der Waals surface area contributed by atoms with Gasteiger partial charge in [0.1, 0.15) is 5.82 Å². The second-order valence-corrected chi connectivity index (χ2v) is 5.25. The van der Waals surface area contributed by atoms with Gasteiger partial charge >= 0.3 is 0 Å². The van der Waals surface area contributed by atoms with Gasteiger partial charge in [-0.3, -0.25) is 0 Å². The van der Waals surface area contributed by atoms with Crippen molar-refractivity contribution in [3.05, 3.63) is 40.2 Å². The Morgan fingerprint density at radius 3 is 2.67 bits per heavy atom. The van der Waals surface area contributed by atoms with E-state index in [9.17, 15) is 9.50 Å². The van der Waals surface area contributed by atoms with Crippen molar-refractivity contribution in [2.75, 3.05) is 6.61 Å². The Labute approximate surface area is 112 Å². The zero-order valence-electron chi connectivity index (χ0n) is 10.3. The summed E-state index contributed by atoms with van der Waals surface area (Å²) >= 11 is 6.00. The van der Waals surface area contributed by atoms with Crippen LogP contribution in [0.2, 0.25) is 5.02 Å². The first-order valence-electron chi connectivity index (χ1n) is 6.47. The maximum Gasteiger partial charge on any atom is 0.131 e. The van der Waals surface area contributed by atoms with E-state index in [1.54, 1.807) is 18.2 Å². The summed E-state index contributed by atoms with van der Waals surface area (Å²) < 4.78 is 13.7. The Kier molecular flexibility index (Phi) is 4.79. The van der Waals surface area contributed by atoms with Gasteiger partial charge in [0.2, 0.25) is 0 Å². The average Bonchev–Trinajstić information content (AvgIpc) is 2.40. The van der Waals surface area contributed by atoms with Gasteiger partial charge in [0.25, 0.3) is 0 Å². The van der Waals surface area contributed by atoms with Crippen molar-refractivity contribution in [1.82, 2.24) is 0 Å². The third-order valence-electron chi connectivity index (χ3n) is 3.64. The number of benzene rings is 1. The van der Waals surface area contributed by atoms with E-state index in [1.165, 1.54) is 25.3 Å². The summed E-state index contributed by atoms with van der Waals surface area (Å²) in [5.74, 6) is 0.0451. The van der Waals surface area contributed by atoms with Crippen molar-refractivity contribution < 1.29 is 9.50 Å². The standard InChI is InChI=1S/C15H18ClFO/c16-14-7-4-8-15(17)13(14)9-12(10-18)11-5-2-1-3-6-11/h4,7-9,11,18H,1-3,5-6,10H2. The molecule has 2 rings (SSSR count). The van der Waals surface area contributed by atoms with Crippen LogP contribution in [0.5, 0.6) is 0 Å².